The fourth-order valence-electron chi connectivity index (χ4n) is 4.47. The molecule has 0 aliphatic carbocycles. The zero-order valence-corrected chi connectivity index (χ0v) is 24.8. The van der Waals surface area contributed by atoms with Crippen LogP contribution >= 0.6 is 8.17 Å². The Bertz CT molecular complexity index is 1480. The van der Waals surface area contributed by atoms with Crippen molar-refractivity contribution < 1.29 is 38.6 Å². The molecule has 43 heavy (non-hydrogen) atoms. The summed E-state index contributed by atoms with van der Waals surface area (Å²) >= 11 is 0. The van der Waals surface area contributed by atoms with Crippen molar-refractivity contribution in [2.45, 2.75) is 63.6 Å². The van der Waals surface area contributed by atoms with Gasteiger partial charge in [0.05, 0.1) is 12.3 Å². The SMILES string of the molecule is CCC(CC)COC(=O)[C@H](C)N/N=[P+](\[O-])Oc1ccc(OC[C@H]2O[C@@](C#N)(c3ccc4c(N)ncnn34)[C@H](O)[C@@H]2O)cc1. The number of hydrogen-bond donors (Lipinski definition) is 4. The second-order valence-corrected chi connectivity index (χ2v) is 10.8. The molecule has 1 fully saturated rings. The standard InChI is InChI=1S/C27H34N7O8P/c1-4-17(5-2)12-40-26(37)16(3)32-33-43(38)42-19-8-6-18(7-9-19)39-13-21-23(35)24(36)27(14-28,41-21)22-11-10-20-25(29)30-15-31-34(20)22/h6-11,15-17,21,23-24,32,35-36H,4-5,12-13H2,1-3H3,(H2,29,30,31)/t16-,21+,23+,24+,27-/m0/s1. The molecule has 230 valence electrons. The van der Waals surface area contributed by atoms with Gasteiger partial charge in [-0.1, -0.05) is 26.7 Å². The number of nitrogens with two attached hydrogens (primary N) is 1. The highest BCUT2D eigenvalue weighted by Gasteiger charge is 2.57. The van der Waals surface area contributed by atoms with Gasteiger partial charge in [-0.05, 0) is 49.2 Å². The minimum absolute atomic E-state index is 0.173. The van der Waals surface area contributed by atoms with Gasteiger partial charge in [-0.25, -0.2) is 9.50 Å². The molecule has 1 aliphatic heterocycles. The number of fused-ring (bicyclic) bond motifs is 1. The fourth-order valence-corrected chi connectivity index (χ4v) is 5.08. The molecule has 1 saturated heterocycles. The Morgan fingerprint density at radius 2 is 1.98 bits per heavy atom. The minimum Gasteiger partial charge on any atom is -0.574 e. The summed E-state index contributed by atoms with van der Waals surface area (Å²) in [6, 6.07) is 10.3. The molecule has 6 atom stereocenters. The number of nitrogens with one attached hydrogen (secondary N) is 1. The maximum absolute atomic E-state index is 12.2. The molecule has 4 rings (SSSR count). The predicted molar refractivity (Wildman–Crippen MR) is 151 cm³/mol. The van der Waals surface area contributed by atoms with Crippen LogP contribution in [0, 0.1) is 17.2 Å². The van der Waals surface area contributed by atoms with Crippen molar-refractivity contribution in [1.82, 2.24) is 20.0 Å². The van der Waals surface area contributed by atoms with Gasteiger partial charge in [0.25, 0.3) is 0 Å². The highest BCUT2D eigenvalue weighted by atomic mass is 31.1. The number of anilines is 1. The van der Waals surface area contributed by atoms with E-state index in [1.807, 2.05) is 19.9 Å². The Morgan fingerprint density at radius 3 is 2.65 bits per heavy atom. The summed E-state index contributed by atoms with van der Waals surface area (Å²) in [7, 11) is -2.54. The number of carbonyl (C=O) groups is 1. The first-order chi connectivity index (χ1) is 20.6. The predicted octanol–water partition coefficient (Wildman–Crippen LogP) is 1.34. The molecule has 0 bridgehead atoms. The summed E-state index contributed by atoms with van der Waals surface area (Å²) in [5.74, 6) is 0.526. The van der Waals surface area contributed by atoms with Crippen LogP contribution in [0.15, 0.2) is 47.6 Å². The van der Waals surface area contributed by atoms with E-state index in [0.29, 0.717) is 17.9 Å². The topological polar surface area (TPSA) is 222 Å². The fraction of sp³-hybridized carbons (Fsp3) is 0.481. The molecule has 0 amide bonds. The summed E-state index contributed by atoms with van der Waals surface area (Å²) in [6.45, 7) is 5.71. The van der Waals surface area contributed by atoms with Crippen molar-refractivity contribution in [2.24, 2.45) is 10.8 Å². The summed E-state index contributed by atoms with van der Waals surface area (Å²) < 4.78 is 23.5. The molecule has 1 aliphatic rings. The monoisotopic (exact) mass is 615 g/mol. The Balaban J connectivity index is 1.31. The molecule has 15 nitrogen and oxygen atoms in total. The molecule has 5 N–H and O–H groups in total. The summed E-state index contributed by atoms with van der Waals surface area (Å²) in [6.07, 6.45) is -1.13. The third kappa shape index (κ3) is 7.02. The summed E-state index contributed by atoms with van der Waals surface area (Å²) in [4.78, 5) is 31.9. The van der Waals surface area contributed by atoms with E-state index < -0.39 is 44.1 Å². The first kappa shape index (κ1) is 32.0. The van der Waals surface area contributed by atoms with Crippen molar-refractivity contribution in [1.29, 1.82) is 5.26 Å². The van der Waals surface area contributed by atoms with Crippen molar-refractivity contribution in [3.05, 3.63) is 48.4 Å². The molecule has 0 saturated carbocycles. The molecule has 0 radical (unpaired) electrons. The second kappa shape index (κ2) is 14.0. The minimum atomic E-state index is -2.54. The maximum atomic E-state index is 12.2. The van der Waals surface area contributed by atoms with Crippen LogP contribution in [0.25, 0.3) is 5.52 Å². The number of nitriles is 1. The van der Waals surface area contributed by atoms with Crippen LogP contribution in [0.1, 0.15) is 39.3 Å². The Labute approximate surface area is 248 Å². The number of carbonyl (C=O) groups excluding carboxylic acids is 1. The van der Waals surface area contributed by atoms with Crippen molar-refractivity contribution in [3.63, 3.8) is 0 Å². The molecule has 3 heterocycles. The number of nitrogen functional groups attached to an aromatic ring is 1. The number of hydrogen-bond acceptors (Lipinski definition) is 13. The number of aromatic nitrogens is 3. The molecule has 1 aromatic carbocycles. The number of benzene rings is 1. The number of nitrogens with zero attached hydrogens (tertiary/aromatic N) is 5. The van der Waals surface area contributed by atoms with E-state index in [2.05, 4.69) is 20.4 Å². The number of rotatable bonds is 13. The lowest BCUT2D eigenvalue weighted by Crippen LogP contribution is -2.41. The van der Waals surface area contributed by atoms with Crippen molar-refractivity contribution in [2.75, 3.05) is 18.9 Å². The molecule has 1 unspecified atom stereocenters. The zero-order chi connectivity index (χ0) is 31.1. The van der Waals surface area contributed by atoms with E-state index in [9.17, 15) is 25.2 Å². The van der Waals surface area contributed by atoms with E-state index >= 15 is 0 Å². The van der Waals surface area contributed by atoms with E-state index in [1.165, 1.54) is 41.2 Å². The van der Waals surface area contributed by atoms with Crippen molar-refractivity contribution in [3.8, 4) is 17.6 Å². The molecule has 3 aromatic rings. The highest BCUT2D eigenvalue weighted by Crippen LogP contribution is 2.40. The molecule has 16 heteroatoms. The maximum Gasteiger partial charge on any atom is 0.412 e. The Hall–Kier alpha value is -3.90. The number of ether oxygens (including phenoxy) is 3. The number of esters is 1. The van der Waals surface area contributed by atoms with Crippen molar-refractivity contribution >= 4 is 25.5 Å². The van der Waals surface area contributed by atoms with Crippen LogP contribution in [0.3, 0.4) is 0 Å². The Kier molecular flexibility index (Phi) is 10.5. The Morgan fingerprint density at radius 1 is 1.28 bits per heavy atom. The molecular formula is C27H34N7O8P. The van der Waals surface area contributed by atoms with Crippen LogP contribution in [0.4, 0.5) is 5.82 Å². The van der Waals surface area contributed by atoms with Gasteiger partial charge in [-0.2, -0.15) is 15.8 Å². The first-order valence-electron chi connectivity index (χ1n) is 13.7. The van der Waals surface area contributed by atoms with Crippen LogP contribution in [0.2, 0.25) is 0 Å². The summed E-state index contributed by atoms with van der Waals surface area (Å²) in [5.41, 5.74) is 7.01. The van der Waals surface area contributed by atoms with Gasteiger partial charge in [0.2, 0.25) is 5.60 Å². The molecule has 0 spiro atoms. The molecule has 2 aromatic heterocycles. The van der Waals surface area contributed by atoms with Crippen LogP contribution in [0.5, 0.6) is 11.5 Å². The van der Waals surface area contributed by atoms with Gasteiger partial charge < -0.3 is 35.1 Å². The average Bonchev–Trinajstić information content (AvgIpc) is 3.56. The van der Waals surface area contributed by atoms with E-state index in [0.717, 1.165) is 12.8 Å². The van der Waals surface area contributed by atoms with Gasteiger partial charge >= 0.3 is 14.1 Å². The summed E-state index contributed by atoms with van der Waals surface area (Å²) in [5, 5.41) is 35.7. The van der Waals surface area contributed by atoms with Gasteiger partial charge in [-0.3, -0.25) is 9.32 Å². The zero-order valence-electron chi connectivity index (χ0n) is 23.9. The lowest BCUT2D eigenvalue weighted by atomic mass is 9.92. The first-order valence-corrected chi connectivity index (χ1v) is 14.8. The van der Waals surface area contributed by atoms with Gasteiger partial charge in [0.15, 0.2) is 11.6 Å². The average molecular weight is 616 g/mol. The number of aliphatic hydroxyl groups is 2. The molecular weight excluding hydrogens is 581 g/mol. The van der Waals surface area contributed by atoms with Crippen LogP contribution in [-0.2, 0) is 19.9 Å². The van der Waals surface area contributed by atoms with E-state index in [4.69, 9.17) is 24.5 Å². The number of aliphatic hydroxyl groups excluding tert-OH is 2. The van der Waals surface area contributed by atoms with E-state index in [1.54, 1.807) is 13.0 Å². The third-order valence-electron chi connectivity index (χ3n) is 7.21. The highest BCUT2D eigenvalue weighted by molar-refractivity contribution is 7.33. The quantitative estimate of drug-likeness (QED) is 0.121. The van der Waals surface area contributed by atoms with Gasteiger partial charge in [-0.15, -0.1) is 0 Å². The van der Waals surface area contributed by atoms with Crippen LogP contribution in [-0.4, -0.2) is 68.3 Å². The van der Waals surface area contributed by atoms with E-state index in [-0.39, 0.29) is 29.8 Å². The smallest absolute Gasteiger partial charge is 0.412 e. The van der Waals surface area contributed by atoms with Crippen LogP contribution < -0.4 is 25.3 Å². The second-order valence-electron chi connectivity index (χ2n) is 9.97. The normalized spacial score (nSPS) is 22.8. The lowest BCUT2D eigenvalue weighted by Gasteiger charge is -2.24. The largest absolute Gasteiger partial charge is 0.574 e. The van der Waals surface area contributed by atoms with Gasteiger partial charge in [0, 0.05) is 4.85 Å². The lowest BCUT2D eigenvalue weighted by molar-refractivity contribution is -0.169. The third-order valence-corrected chi connectivity index (χ3v) is 7.86. The van der Waals surface area contributed by atoms with Gasteiger partial charge in [0.1, 0.15) is 54.6 Å².